The van der Waals surface area contributed by atoms with Gasteiger partial charge in [0.2, 0.25) is 0 Å². The zero-order chi connectivity index (χ0) is 17.9. The van der Waals surface area contributed by atoms with Crippen LogP contribution in [0.15, 0.2) is 36.4 Å². The molecule has 0 saturated heterocycles. The summed E-state index contributed by atoms with van der Waals surface area (Å²) >= 11 is 1.67. The fourth-order valence-corrected chi connectivity index (χ4v) is 4.73. The first-order valence-corrected chi connectivity index (χ1v) is 9.56. The normalized spacial score (nSPS) is 17.2. The second kappa shape index (κ2) is 7.58. The van der Waals surface area contributed by atoms with Gasteiger partial charge in [-0.3, -0.25) is 4.79 Å². The zero-order valence-electron chi connectivity index (χ0n) is 14.7. The van der Waals surface area contributed by atoms with E-state index in [4.69, 9.17) is 4.74 Å². The van der Waals surface area contributed by atoms with Crippen LogP contribution in [0.5, 0.6) is 5.75 Å². The third-order valence-electron chi connectivity index (χ3n) is 5.04. The monoisotopic (exact) mass is 359 g/mol. The first kappa shape index (κ1) is 18.0. The number of aliphatic hydroxyl groups is 1. The van der Waals surface area contributed by atoms with Crippen molar-refractivity contribution in [1.82, 2.24) is 5.32 Å². The number of benzene rings is 1. The van der Waals surface area contributed by atoms with Crippen molar-refractivity contribution >= 4 is 17.2 Å². The molecule has 1 heterocycles. The second-order valence-electron chi connectivity index (χ2n) is 6.78. The molecule has 1 atom stereocenters. The van der Waals surface area contributed by atoms with Gasteiger partial charge >= 0.3 is 0 Å². The number of carbonyl (C=O) groups excluding carboxylic acids is 1. The molecule has 1 unspecified atom stereocenters. The average molecular weight is 359 g/mol. The predicted molar refractivity (Wildman–Crippen MR) is 100 cm³/mol. The quantitative estimate of drug-likeness (QED) is 0.818. The molecule has 134 valence electrons. The van der Waals surface area contributed by atoms with E-state index < -0.39 is 6.10 Å². The highest BCUT2D eigenvalue weighted by atomic mass is 32.1. The lowest BCUT2D eigenvalue weighted by atomic mass is 9.84. The van der Waals surface area contributed by atoms with Gasteiger partial charge in [0, 0.05) is 27.3 Å². The summed E-state index contributed by atoms with van der Waals surface area (Å²) in [7, 11) is 1.60. The molecule has 1 aliphatic rings. The molecule has 1 aromatic carbocycles. The van der Waals surface area contributed by atoms with Crippen LogP contribution in [0.3, 0.4) is 0 Å². The fourth-order valence-electron chi connectivity index (χ4n) is 3.54. The first-order chi connectivity index (χ1) is 12.0. The Morgan fingerprint density at radius 1 is 1.32 bits per heavy atom. The molecular weight excluding hydrogens is 334 g/mol. The number of rotatable bonds is 6. The highest BCUT2D eigenvalue weighted by Crippen LogP contribution is 2.44. The van der Waals surface area contributed by atoms with Crippen LogP contribution >= 0.6 is 11.3 Å². The summed E-state index contributed by atoms with van der Waals surface area (Å²) in [5, 5.41) is 12.9. The summed E-state index contributed by atoms with van der Waals surface area (Å²) in [4.78, 5) is 14.8. The van der Waals surface area contributed by atoms with Gasteiger partial charge in [-0.05, 0) is 50.1 Å². The molecule has 4 nitrogen and oxygen atoms in total. The van der Waals surface area contributed by atoms with Crippen LogP contribution in [0.1, 0.15) is 58.8 Å². The minimum absolute atomic E-state index is 0.00761. The van der Waals surface area contributed by atoms with Crippen molar-refractivity contribution in [3.8, 4) is 5.75 Å². The number of hydrogen-bond acceptors (Lipinski definition) is 4. The molecule has 1 fully saturated rings. The van der Waals surface area contributed by atoms with Gasteiger partial charge in [-0.15, -0.1) is 11.3 Å². The Bertz CT molecular complexity index is 732. The smallest absolute Gasteiger partial charge is 0.251 e. The zero-order valence-corrected chi connectivity index (χ0v) is 15.6. The summed E-state index contributed by atoms with van der Waals surface area (Å²) in [6, 6.07) is 11.3. The van der Waals surface area contributed by atoms with E-state index in [0.29, 0.717) is 17.9 Å². The second-order valence-corrected chi connectivity index (χ2v) is 7.90. The van der Waals surface area contributed by atoms with Crippen molar-refractivity contribution < 1.29 is 14.6 Å². The molecule has 2 N–H and O–H groups in total. The van der Waals surface area contributed by atoms with Crippen molar-refractivity contribution in [1.29, 1.82) is 0 Å². The maximum Gasteiger partial charge on any atom is 0.251 e. The van der Waals surface area contributed by atoms with Crippen molar-refractivity contribution in [2.75, 3.05) is 13.7 Å². The number of methoxy groups -OCH3 is 1. The van der Waals surface area contributed by atoms with Crippen LogP contribution in [-0.4, -0.2) is 24.7 Å². The van der Waals surface area contributed by atoms with Crippen LogP contribution in [0.4, 0.5) is 0 Å². The molecule has 5 heteroatoms. The Labute approximate surface area is 152 Å². The summed E-state index contributed by atoms with van der Waals surface area (Å²) < 4.78 is 5.20. The minimum Gasteiger partial charge on any atom is -0.497 e. The van der Waals surface area contributed by atoms with E-state index in [1.165, 1.54) is 17.7 Å². The van der Waals surface area contributed by atoms with Gasteiger partial charge in [0.25, 0.3) is 5.91 Å². The third-order valence-corrected chi connectivity index (χ3v) is 6.54. The lowest BCUT2D eigenvalue weighted by molar-refractivity contribution is 0.0943. The predicted octanol–water partition coefficient (Wildman–Crippen LogP) is 4.05. The van der Waals surface area contributed by atoms with E-state index in [1.807, 2.05) is 18.2 Å². The van der Waals surface area contributed by atoms with Crippen molar-refractivity contribution in [2.24, 2.45) is 0 Å². The van der Waals surface area contributed by atoms with Gasteiger partial charge in [-0.25, -0.2) is 0 Å². The van der Waals surface area contributed by atoms with Gasteiger partial charge in [-0.2, -0.15) is 0 Å². The van der Waals surface area contributed by atoms with Crippen molar-refractivity contribution in [3.63, 3.8) is 0 Å². The molecule has 0 spiro atoms. The Morgan fingerprint density at radius 2 is 2.08 bits per heavy atom. The molecule has 1 saturated carbocycles. The minimum atomic E-state index is -0.441. The maximum absolute atomic E-state index is 12.6. The molecule has 25 heavy (non-hydrogen) atoms. The van der Waals surface area contributed by atoms with E-state index in [1.54, 1.807) is 37.5 Å². The Kier molecular flexibility index (Phi) is 5.45. The molecule has 2 aromatic rings. The summed E-state index contributed by atoms with van der Waals surface area (Å²) in [6.45, 7) is 2.42. The largest absolute Gasteiger partial charge is 0.497 e. The highest BCUT2D eigenvalue weighted by Gasteiger charge is 2.37. The van der Waals surface area contributed by atoms with E-state index in [9.17, 15) is 9.90 Å². The molecule has 0 radical (unpaired) electrons. The van der Waals surface area contributed by atoms with Gasteiger partial charge in [0.15, 0.2) is 0 Å². The lowest BCUT2D eigenvalue weighted by Crippen LogP contribution is -2.38. The third kappa shape index (κ3) is 3.88. The molecule has 3 rings (SSSR count). The Morgan fingerprint density at radius 3 is 2.72 bits per heavy atom. The molecule has 0 aliphatic heterocycles. The summed E-state index contributed by atoms with van der Waals surface area (Å²) in [5.74, 6) is 0.612. The van der Waals surface area contributed by atoms with Crippen LogP contribution in [-0.2, 0) is 5.41 Å². The van der Waals surface area contributed by atoms with E-state index in [-0.39, 0.29) is 11.3 Å². The molecule has 0 bridgehead atoms. The number of ether oxygens (including phenoxy) is 1. The molecule has 1 aromatic heterocycles. The number of thiophene rings is 1. The average Bonchev–Trinajstić information content (AvgIpc) is 3.30. The highest BCUT2D eigenvalue weighted by molar-refractivity contribution is 7.12. The van der Waals surface area contributed by atoms with E-state index in [0.717, 1.165) is 17.7 Å². The number of aliphatic hydroxyl groups excluding tert-OH is 1. The standard InChI is InChI=1S/C20H25NO3S/c1-14(22)17-8-9-18(25-17)20(10-3-4-11-20)13-21-19(23)15-6-5-7-16(12-15)24-2/h5-9,12,14,22H,3-4,10-11,13H2,1-2H3,(H,21,23). The number of nitrogens with one attached hydrogen (secondary N) is 1. The number of hydrogen-bond donors (Lipinski definition) is 2. The molecule has 1 amide bonds. The fraction of sp³-hybridized carbons (Fsp3) is 0.450. The first-order valence-electron chi connectivity index (χ1n) is 8.75. The van der Waals surface area contributed by atoms with E-state index in [2.05, 4.69) is 11.4 Å². The number of amides is 1. The van der Waals surface area contributed by atoms with Crippen LogP contribution < -0.4 is 10.1 Å². The van der Waals surface area contributed by atoms with Crippen LogP contribution in [0.25, 0.3) is 0 Å². The van der Waals surface area contributed by atoms with Gasteiger partial charge in [0.1, 0.15) is 5.75 Å². The summed E-state index contributed by atoms with van der Waals surface area (Å²) in [5.41, 5.74) is 0.607. The maximum atomic E-state index is 12.6. The Hall–Kier alpha value is -1.85. The van der Waals surface area contributed by atoms with E-state index >= 15 is 0 Å². The van der Waals surface area contributed by atoms with Crippen molar-refractivity contribution in [2.45, 2.75) is 44.1 Å². The van der Waals surface area contributed by atoms with Crippen LogP contribution in [0.2, 0.25) is 0 Å². The van der Waals surface area contributed by atoms with Crippen LogP contribution in [0, 0.1) is 0 Å². The molecular formula is C20H25NO3S. The molecule has 1 aliphatic carbocycles. The van der Waals surface area contributed by atoms with Gasteiger partial charge in [0.05, 0.1) is 13.2 Å². The lowest BCUT2D eigenvalue weighted by Gasteiger charge is -2.28. The number of carbonyl (C=O) groups is 1. The van der Waals surface area contributed by atoms with Crippen molar-refractivity contribution in [3.05, 3.63) is 51.7 Å². The van der Waals surface area contributed by atoms with Gasteiger partial charge in [-0.1, -0.05) is 18.9 Å². The van der Waals surface area contributed by atoms with Gasteiger partial charge < -0.3 is 15.2 Å². The topological polar surface area (TPSA) is 58.6 Å². The Balaban J connectivity index is 1.74. The summed E-state index contributed by atoms with van der Waals surface area (Å²) in [6.07, 6.45) is 4.06. The SMILES string of the molecule is COc1cccc(C(=O)NCC2(c3ccc(C(C)O)s3)CCCC2)c1.